The van der Waals surface area contributed by atoms with Gasteiger partial charge in [0.2, 0.25) is 0 Å². The van der Waals surface area contributed by atoms with Crippen LogP contribution in [0, 0.1) is 23.5 Å². The van der Waals surface area contributed by atoms with Crippen LogP contribution in [0.1, 0.15) is 60.4 Å². The van der Waals surface area contributed by atoms with Gasteiger partial charge in [-0.15, -0.1) is 0 Å². The van der Waals surface area contributed by atoms with Crippen LogP contribution in [0.4, 0.5) is 8.78 Å². The van der Waals surface area contributed by atoms with E-state index >= 15 is 4.39 Å². The molecule has 34 heavy (non-hydrogen) atoms. The van der Waals surface area contributed by atoms with E-state index in [2.05, 4.69) is 43.0 Å². The third-order valence-electron chi connectivity index (χ3n) is 6.25. The molecule has 0 spiro atoms. The van der Waals surface area contributed by atoms with Gasteiger partial charge >= 0.3 is 0 Å². The Labute approximate surface area is 201 Å². The first-order valence-electron chi connectivity index (χ1n) is 12.2. The molecule has 4 aromatic rings. The second-order valence-corrected chi connectivity index (χ2v) is 8.86. The van der Waals surface area contributed by atoms with E-state index in [0.717, 1.165) is 28.5 Å². The Morgan fingerprint density at radius 2 is 1.29 bits per heavy atom. The summed E-state index contributed by atoms with van der Waals surface area (Å²) >= 11 is 0. The summed E-state index contributed by atoms with van der Waals surface area (Å²) in [4.78, 5) is 0. The van der Waals surface area contributed by atoms with Crippen LogP contribution in [-0.4, -0.2) is 0 Å². The highest BCUT2D eigenvalue weighted by Crippen LogP contribution is 2.23. The second kappa shape index (κ2) is 11.6. The molecule has 0 nitrogen and oxygen atoms in total. The van der Waals surface area contributed by atoms with Crippen molar-refractivity contribution in [2.24, 2.45) is 0 Å². The maximum Gasteiger partial charge on any atom is 0.134 e. The Morgan fingerprint density at radius 3 is 2.06 bits per heavy atom. The summed E-state index contributed by atoms with van der Waals surface area (Å²) in [6.07, 6.45) is 7.45. The fourth-order valence-electron chi connectivity index (χ4n) is 4.19. The molecule has 0 bridgehead atoms. The number of benzene rings is 4. The van der Waals surface area contributed by atoms with Gasteiger partial charge in [0.15, 0.2) is 0 Å². The van der Waals surface area contributed by atoms with Gasteiger partial charge in [-0.05, 0) is 84.2 Å². The van der Waals surface area contributed by atoms with Crippen molar-refractivity contribution in [2.75, 3.05) is 0 Å². The van der Waals surface area contributed by atoms with Gasteiger partial charge in [-0.3, -0.25) is 0 Å². The molecule has 0 heterocycles. The van der Waals surface area contributed by atoms with Gasteiger partial charge in [0.05, 0.1) is 0 Å². The average molecular weight is 453 g/mol. The SMILES string of the molecule is CCCCCCc1ccc(C#Cc2ccc3c(F)c(CCc4ccc(F)cc4)ccc3c2)cc1. The van der Waals surface area contributed by atoms with Crippen molar-refractivity contribution in [2.45, 2.75) is 51.9 Å². The highest BCUT2D eigenvalue weighted by atomic mass is 19.1. The molecule has 0 saturated heterocycles. The van der Waals surface area contributed by atoms with Crippen molar-refractivity contribution in [3.63, 3.8) is 0 Å². The van der Waals surface area contributed by atoms with Gasteiger partial charge in [-0.1, -0.05) is 80.5 Å². The van der Waals surface area contributed by atoms with Gasteiger partial charge in [0, 0.05) is 16.5 Å². The van der Waals surface area contributed by atoms with Crippen LogP contribution >= 0.6 is 0 Å². The summed E-state index contributed by atoms with van der Waals surface area (Å²) in [5.41, 5.74) is 4.88. The van der Waals surface area contributed by atoms with Crippen LogP contribution in [-0.2, 0) is 19.3 Å². The minimum absolute atomic E-state index is 0.186. The lowest BCUT2D eigenvalue weighted by molar-refractivity contribution is 0.619. The predicted molar refractivity (Wildman–Crippen MR) is 138 cm³/mol. The van der Waals surface area contributed by atoms with E-state index in [1.165, 1.54) is 43.4 Å². The van der Waals surface area contributed by atoms with Gasteiger partial charge in [-0.2, -0.15) is 0 Å². The number of rotatable bonds is 8. The molecule has 0 radical (unpaired) electrons. The topological polar surface area (TPSA) is 0 Å². The zero-order valence-corrected chi connectivity index (χ0v) is 19.7. The smallest absolute Gasteiger partial charge is 0.134 e. The van der Waals surface area contributed by atoms with Crippen LogP contribution in [0.25, 0.3) is 10.8 Å². The summed E-state index contributed by atoms with van der Waals surface area (Å²) in [7, 11) is 0. The van der Waals surface area contributed by atoms with E-state index in [-0.39, 0.29) is 11.6 Å². The molecule has 0 aliphatic carbocycles. The van der Waals surface area contributed by atoms with Gasteiger partial charge in [0.25, 0.3) is 0 Å². The van der Waals surface area contributed by atoms with Crippen molar-refractivity contribution in [3.05, 3.63) is 118 Å². The summed E-state index contributed by atoms with van der Waals surface area (Å²) in [6, 6.07) is 24.3. The second-order valence-electron chi connectivity index (χ2n) is 8.86. The normalized spacial score (nSPS) is 10.8. The zero-order valence-electron chi connectivity index (χ0n) is 19.7. The van der Waals surface area contributed by atoms with Gasteiger partial charge in [0.1, 0.15) is 11.6 Å². The van der Waals surface area contributed by atoms with Crippen LogP contribution in [0.5, 0.6) is 0 Å². The molecule has 172 valence electrons. The number of unbranched alkanes of at least 4 members (excludes halogenated alkanes) is 3. The lowest BCUT2D eigenvalue weighted by Crippen LogP contribution is -1.96. The molecular formula is C32H30F2. The van der Waals surface area contributed by atoms with E-state index in [4.69, 9.17) is 0 Å². The number of hydrogen-bond acceptors (Lipinski definition) is 0. The highest BCUT2D eigenvalue weighted by Gasteiger charge is 2.08. The van der Waals surface area contributed by atoms with Crippen molar-refractivity contribution in [3.8, 4) is 11.8 Å². The predicted octanol–water partition coefficient (Wildman–Crippen LogP) is 8.43. The number of halogens is 2. The Morgan fingerprint density at radius 1 is 0.618 bits per heavy atom. The third kappa shape index (κ3) is 6.33. The summed E-state index contributed by atoms with van der Waals surface area (Å²) in [6.45, 7) is 2.23. The minimum atomic E-state index is -0.255. The lowest BCUT2D eigenvalue weighted by Gasteiger charge is -2.08. The van der Waals surface area contributed by atoms with Crippen molar-refractivity contribution in [1.82, 2.24) is 0 Å². The first kappa shape index (κ1) is 23.7. The molecule has 0 aliphatic heterocycles. The summed E-state index contributed by atoms with van der Waals surface area (Å²) < 4.78 is 28.2. The van der Waals surface area contributed by atoms with Gasteiger partial charge in [-0.25, -0.2) is 8.78 Å². The molecule has 2 heteroatoms. The highest BCUT2D eigenvalue weighted by molar-refractivity contribution is 5.85. The molecule has 0 N–H and O–H groups in total. The molecule has 0 amide bonds. The van der Waals surface area contributed by atoms with E-state index in [1.54, 1.807) is 12.1 Å². The Kier molecular flexibility index (Phi) is 8.10. The lowest BCUT2D eigenvalue weighted by atomic mass is 9.99. The number of aryl methyl sites for hydroxylation is 3. The first-order chi connectivity index (χ1) is 16.6. The fraction of sp³-hybridized carbons (Fsp3) is 0.250. The molecule has 4 rings (SSSR count). The minimum Gasteiger partial charge on any atom is -0.207 e. The number of hydrogen-bond donors (Lipinski definition) is 0. The van der Waals surface area contributed by atoms with Crippen LogP contribution in [0.3, 0.4) is 0 Å². The maximum atomic E-state index is 15.1. The Bertz CT molecular complexity index is 1290. The first-order valence-corrected chi connectivity index (χ1v) is 12.2. The Hall–Kier alpha value is -3.44. The molecule has 4 aromatic carbocycles. The van der Waals surface area contributed by atoms with E-state index in [9.17, 15) is 4.39 Å². The third-order valence-corrected chi connectivity index (χ3v) is 6.25. The van der Waals surface area contributed by atoms with E-state index in [0.29, 0.717) is 23.8 Å². The van der Waals surface area contributed by atoms with E-state index < -0.39 is 0 Å². The molecular weight excluding hydrogens is 422 g/mol. The van der Waals surface area contributed by atoms with E-state index in [1.807, 2.05) is 30.3 Å². The molecule has 0 saturated carbocycles. The number of fused-ring (bicyclic) bond motifs is 1. The molecule has 0 aromatic heterocycles. The maximum absolute atomic E-state index is 15.1. The van der Waals surface area contributed by atoms with Crippen molar-refractivity contribution >= 4 is 10.8 Å². The van der Waals surface area contributed by atoms with Gasteiger partial charge < -0.3 is 0 Å². The zero-order chi connectivity index (χ0) is 23.8. The monoisotopic (exact) mass is 452 g/mol. The largest absolute Gasteiger partial charge is 0.207 e. The molecule has 0 aliphatic rings. The molecule has 0 fully saturated rings. The van der Waals surface area contributed by atoms with Crippen molar-refractivity contribution in [1.29, 1.82) is 0 Å². The fourth-order valence-corrected chi connectivity index (χ4v) is 4.19. The van der Waals surface area contributed by atoms with Crippen LogP contribution in [0.2, 0.25) is 0 Å². The quantitative estimate of drug-likeness (QED) is 0.186. The summed E-state index contributed by atoms with van der Waals surface area (Å²) in [5, 5.41) is 1.45. The Balaban J connectivity index is 1.42. The summed E-state index contributed by atoms with van der Waals surface area (Å²) in [5.74, 6) is 6.00. The van der Waals surface area contributed by atoms with Crippen LogP contribution < -0.4 is 0 Å². The van der Waals surface area contributed by atoms with Crippen LogP contribution in [0.15, 0.2) is 78.9 Å². The van der Waals surface area contributed by atoms with Crippen molar-refractivity contribution < 1.29 is 8.78 Å². The molecule has 0 unspecified atom stereocenters. The standard InChI is InChI=1S/C32H30F2/c1-2-3-4-5-6-24-7-9-25(10-8-24)11-12-27-16-22-31-29(23-27)19-18-28(32(31)34)17-13-26-14-20-30(33)21-15-26/h7-10,14-16,18-23H,2-6,13,17H2,1H3. The average Bonchev–Trinajstić information content (AvgIpc) is 2.87. The molecule has 0 atom stereocenters.